The number of aryl methyl sites for hydroxylation is 1. The molecule has 0 spiro atoms. The van der Waals surface area contributed by atoms with Gasteiger partial charge in [-0.2, -0.15) is 0 Å². The average molecular weight is 374 g/mol. The number of phenols is 1. The molecule has 4 heteroatoms. The summed E-state index contributed by atoms with van der Waals surface area (Å²) in [5, 5.41) is 13.9. The Labute approximate surface area is 166 Å². The summed E-state index contributed by atoms with van der Waals surface area (Å²) in [6, 6.07) is 16.4. The Morgan fingerprint density at radius 3 is 2.64 bits per heavy atom. The Morgan fingerprint density at radius 2 is 1.86 bits per heavy atom. The SMILES string of the molecule is CCN(CC)Cc1cc(Nc2cc(C)nc3c2Cc2ccccc2-3)ccc1O. The summed E-state index contributed by atoms with van der Waals surface area (Å²) < 4.78 is 0. The molecule has 0 atom stereocenters. The summed E-state index contributed by atoms with van der Waals surface area (Å²) in [5.41, 5.74) is 8.91. The Kier molecular flexibility index (Phi) is 5.05. The van der Waals surface area contributed by atoms with Gasteiger partial charge in [0.25, 0.3) is 0 Å². The van der Waals surface area contributed by atoms with Gasteiger partial charge >= 0.3 is 0 Å². The standard InChI is InChI=1S/C24H27N3O/c1-4-27(5-2)15-18-13-19(10-11-23(18)28)26-22-12-16(3)25-24-20-9-7-6-8-17(20)14-21(22)24/h6-13,28H,4-5,14-15H2,1-3H3,(H,25,26). The number of nitrogens with zero attached hydrogens (tertiary/aromatic N) is 2. The summed E-state index contributed by atoms with van der Waals surface area (Å²) in [7, 11) is 0. The van der Waals surface area contributed by atoms with Crippen molar-refractivity contribution in [3.05, 3.63) is 70.9 Å². The highest BCUT2D eigenvalue weighted by atomic mass is 16.3. The first-order chi connectivity index (χ1) is 13.6. The smallest absolute Gasteiger partial charge is 0.120 e. The maximum Gasteiger partial charge on any atom is 0.120 e. The van der Waals surface area contributed by atoms with Gasteiger partial charge in [-0.1, -0.05) is 38.1 Å². The molecule has 0 bridgehead atoms. The predicted octanol–water partition coefficient (Wildman–Crippen LogP) is 5.25. The molecule has 144 valence electrons. The molecule has 4 rings (SSSR count). The Hall–Kier alpha value is -2.85. The van der Waals surface area contributed by atoms with Crippen molar-refractivity contribution in [2.45, 2.75) is 33.7 Å². The summed E-state index contributed by atoms with van der Waals surface area (Å²) in [4.78, 5) is 7.10. The van der Waals surface area contributed by atoms with Gasteiger partial charge in [0.15, 0.2) is 0 Å². The maximum absolute atomic E-state index is 10.3. The van der Waals surface area contributed by atoms with Crippen LogP contribution >= 0.6 is 0 Å². The number of hydrogen-bond acceptors (Lipinski definition) is 4. The van der Waals surface area contributed by atoms with Gasteiger partial charge in [-0.3, -0.25) is 9.88 Å². The lowest BCUT2D eigenvalue weighted by atomic mass is 10.1. The number of anilines is 2. The molecule has 4 nitrogen and oxygen atoms in total. The van der Waals surface area contributed by atoms with Crippen LogP contribution in [0.2, 0.25) is 0 Å². The third kappa shape index (κ3) is 3.48. The second kappa shape index (κ2) is 7.64. The molecule has 2 aromatic carbocycles. The number of phenolic OH excluding ortho intramolecular Hbond substituents is 1. The van der Waals surface area contributed by atoms with Crippen molar-refractivity contribution in [3.63, 3.8) is 0 Å². The first-order valence-corrected chi connectivity index (χ1v) is 9.99. The van der Waals surface area contributed by atoms with Crippen molar-refractivity contribution in [3.8, 4) is 17.0 Å². The fourth-order valence-electron chi connectivity index (χ4n) is 3.94. The molecule has 0 saturated carbocycles. The van der Waals surface area contributed by atoms with Crippen LogP contribution in [0.25, 0.3) is 11.3 Å². The van der Waals surface area contributed by atoms with E-state index in [2.05, 4.69) is 60.5 Å². The molecule has 1 heterocycles. The minimum absolute atomic E-state index is 0.348. The van der Waals surface area contributed by atoms with Crippen molar-refractivity contribution in [2.24, 2.45) is 0 Å². The lowest BCUT2D eigenvalue weighted by Gasteiger charge is -2.20. The van der Waals surface area contributed by atoms with E-state index in [1.54, 1.807) is 6.07 Å². The van der Waals surface area contributed by atoms with Crippen LogP contribution < -0.4 is 5.32 Å². The van der Waals surface area contributed by atoms with Gasteiger partial charge in [-0.25, -0.2) is 0 Å². The molecule has 1 aliphatic rings. The molecular weight excluding hydrogens is 346 g/mol. The highest BCUT2D eigenvalue weighted by Gasteiger charge is 2.23. The minimum Gasteiger partial charge on any atom is -0.508 e. The van der Waals surface area contributed by atoms with E-state index in [4.69, 9.17) is 4.98 Å². The summed E-state index contributed by atoms with van der Waals surface area (Å²) in [6.07, 6.45) is 0.894. The first-order valence-electron chi connectivity index (χ1n) is 9.99. The van der Waals surface area contributed by atoms with Crippen molar-refractivity contribution >= 4 is 11.4 Å². The van der Waals surface area contributed by atoms with E-state index in [0.29, 0.717) is 5.75 Å². The molecule has 0 radical (unpaired) electrons. The summed E-state index contributed by atoms with van der Waals surface area (Å²) >= 11 is 0. The molecule has 1 aromatic heterocycles. The lowest BCUT2D eigenvalue weighted by molar-refractivity contribution is 0.291. The zero-order chi connectivity index (χ0) is 19.7. The zero-order valence-corrected chi connectivity index (χ0v) is 16.8. The molecule has 0 saturated heterocycles. The van der Waals surface area contributed by atoms with Gasteiger partial charge < -0.3 is 10.4 Å². The Bertz CT molecular complexity index is 1010. The molecule has 1 aliphatic carbocycles. The Balaban J connectivity index is 1.67. The normalized spacial score (nSPS) is 12.1. The van der Waals surface area contributed by atoms with Crippen LogP contribution in [0, 0.1) is 6.92 Å². The monoisotopic (exact) mass is 373 g/mol. The van der Waals surface area contributed by atoms with Gasteiger partial charge in [0.1, 0.15) is 5.75 Å². The van der Waals surface area contributed by atoms with E-state index in [1.165, 1.54) is 16.7 Å². The number of aromatic nitrogens is 1. The highest BCUT2D eigenvalue weighted by molar-refractivity contribution is 5.81. The number of aromatic hydroxyl groups is 1. The van der Waals surface area contributed by atoms with E-state index < -0.39 is 0 Å². The Morgan fingerprint density at radius 1 is 1.07 bits per heavy atom. The van der Waals surface area contributed by atoms with Crippen LogP contribution in [-0.2, 0) is 13.0 Å². The van der Waals surface area contributed by atoms with Crippen molar-refractivity contribution in [1.29, 1.82) is 0 Å². The van der Waals surface area contributed by atoms with Crippen molar-refractivity contribution < 1.29 is 5.11 Å². The van der Waals surface area contributed by atoms with Gasteiger partial charge in [-0.15, -0.1) is 0 Å². The van der Waals surface area contributed by atoms with E-state index in [9.17, 15) is 5.11 Å². The topological polar surface area (TPSA) is 48.4 Å². The molecule has 0 amide bonds. The zero-order valence-electron chi connectivity index (χ0n) is 16.8. The third-order valence-electron chi connectivity index (χ3n) is 5.54. The highest BCUT2D eigenvalue weighted by Crippen LogP contribution is 2.40. The van der Waals surface area contributed by atoms with E-state index in [1.807, 2.05) is 13.0 Å². The van der Waals surface area contributed by atoms with Gasteiger partial charge in [0.2, 0.25) is 0 Å². The van der Waals surface area contributed by atoms with E-state index >= 15 is 0 Å². The molecular formula is C24H27N3O. The first kappa shape index (κ1) is 18.5. The number of fused-ring (bicyclic) bond motifs is 3. The van der Waals surface area contributed by atoms with Crippen molar-refractivity contribution in [1.82, 2.24) is 9.88 Å². The van der Waals surface area contributed by atoms with E-state index in [0.717, 1.165) is 54.4 Å². The number of rotatable bonds is 6. The molecule has 2 N–H and O–H groups in total. The number of pyridine rings is 1. The van der Waals surface area contributed by atoms with Crippen LogP contribution in [0.4, 0.5) is 11.4 Å². The minimum atomic E-state index is 0.348. The van der Waals surface area contributed by atoms with Crippen LogP contribution in [0.3, 0.4) is 0 Å². The van der Waals surface area contributed by atoms with Crippen LogP contribution in [0.5, 0.6) is 5.75 Å². The summed E-state index contributed by atoms with van der Waals surface area (Å²) in [6.45, 7) is 8.99. The number of hydrogen-bond donors (Lipinski definition) is 2. The molecule has 0 aliphatic heterocycles. The average Bonchev–Trinajstić information content (AvgIpc) is 3.07. The molecule has 28 heavy (non-hydrogen) atoms. The fraction of sp³-hybridized carbons (Fsp3) is 0.292. The largest absolute Gasteiger partial charge is 0.508 e. The molecule has 0 fully saturated rings. The molecule has 3 aromatic rings. The fourth-order valence-corrected chi connectivity index (χ4v) is 3.94. The molecule has 0 unspecified atom stereocenters. The number of benzene rings is 2. The maximum atomic E-state index is 10.3. The second-order valence-electron chi connectivity index (χ2n) is 7.40. The third-order valence-corrected chi connectivity index (χ3v) is 5.54. The van der Waals surface area contributed by atoms with Gasteiger partial charge in [0, 0.05) is 46.7 Å². The van der Waals surface area contributed by atoms with E-state index in [-0.39, 0.29) is 0 Å². The van der Waals surface area contributed by atoms with Crippen LogP contribution in [-0.4, -0.2) is 28.1 Å². The van der Waals surface area contributed by atoms with Crippen LogP contribution in [0.1, 0.15) is 36.2 Å². The second-order valence-corrected chi connectivity index (χ2v) is 7.40. The predicted molar refractivity (Wildman–Crippen MR) is 115 cm³/mol. The van der Waals surface area contributed by atoms with Crippen LogP contribution in [0.15, 0.2) is 48.5 Å². The number of nitrogens with one attached hydrogen (secondary N) is 1. The summed E-state index contributed by atoms with van der Waals surface area (Å²) in [5.74, 6) is 0.348. The lowest BCUT2D eigenvalue weighted by Crippen LogP contribution is -2.22. The van der Waals surface area contributed by atoms with Gasteiger partial charge in [-0.05, 0) is 49.8 Å². The quantitative estimate of drug-likeness (QED) is 0.453. The van der Waals surface area contributed by atoms with Gasteiger partial charge in [0.05, 0.1) is 5.69 Å². The van der Waals surface area contributed by atoms with Crippen molar-refractivity contribution in [2.75, 3.05) is 18.4 Å².